The van der Waals surface area contributed by atoms with Crippen molar-refractivity contribution in [2.24, 2.45) is 5.10 Å². The van der Waals surface area contributed by atoms with Crippen LogP contribution in [0, 0.1) is 13.8 Å². The van der Waals surface area contributed by atoms with Gasteiger partial charge < -0.3 is 0 Å². The lowest BCUT2D eigenvalue weighted by atomic mass is 9.94. The fourth-order valence-corrected chi connectivity index (χ4v) is 4.19. The van der Waals surface area contributed by atoms with Gasteiger partial charge in [0.15, 0.2) is 0 Å². The van der Waals surface area contributed by atoms with Crippen LogP contribution in [0.3, 0.4) is 0 Å². The Labute approximate surface area is 219 Å². The SMILES string of the molecule is Cc1ccc(C(=Cc2ccc(/C=N/N(c3ccccc3)c3ccccc3)cc2)c2ccc(C)cc2)cc1. The molecule has 0 aromatic heterocycles. The predicted octanol–water partition coefficient (Wildman–Crippen LogP) is 9.06. The van der Waals surface area contributed by atoms with E-state index in [1.807, 2.05) is 47.6 Å². The first-order valence-corrected chi connectivity index (χ1v) is 12.6. The van der Waals surface area contributed by atoms with E-state index in [1.165, 1.54) is 27.8 Å². The van der Waals surface area contributed by atoms with E-state index in [2.05, 4.69) is 117 Å². The summed E-state index contributed by atoms with van der Waals surface area (Å²) in [7, 11) is 0. The third-order valence-corrected chi connectivity index (χ3v) is 6.30. The van der Waals surface area contributed by atoms with Gasteiger partial charge in [-0.15, -0.1) is 0 Å². The van der Waals surface area contributed by atoms with Crippen LogP contribution < -0.4 is 5.01 Å². The summed E-state index contributed by atoms with van der Waals surface area (Å²) in [6.07, 6.45) is 4.17. The first-order chi connectivity index (χ1) is 18.2. The number of hydrogen-bond acceptors (Lipinski definition) is 2. The largest absolute Gasteiger partial charge is 0.234 e. The first-order valence-electron chi connectivity index (χ1n) is 12.6. The highest BCUT2D eigenvalue weighted by atomic mass is 15.5. The number of benzene rings is 5. The Morgan fingerprint density at radius 3 is 1.41 bits per heavy atom. The van der Waals surface area contributed by atoms with Gasteiger partial charge in [0.05, 0.1) is 17.6 Å². The van der Waals surface area contributed by atoms with E-state index in [1.54, 1.807) is 0 Å². The monoisotopic (exact) mass is 478 g/mol. The highest BCUT2D eigenvalue weighted by Gasteiger charge is 2.08. The Bertz CT molecular complexity index is 1390. The number of para-hydroxylation sites is 2. The third kappa shape index (κ3) is 6.12. The van der Waals surface area contributed by atoms with E-state index >= 15 is 0 Å². The van der Waals surface area contributed by atoms with Crippen LogP contribution >= 0.6 is 0 Å². The van der Waals surface area contributed by atoms with Crippen molar-refractivity contribution < 1.29 is 0 Å². The van der Waals surface area contributed by atoms with Crippen molar-refractivity contribution in [2.75, 3.05) is 5.01 Å². The molecule has 5 aromatic carbocycles. The molecule has 0 aliphatic carbocycles. The molecule has 2 heteroatoms. The Balaban J connectivity index is 1.44. The fourth-order valence-electron chi connectivity index (χ4n) is 4.19. The molecule has 0 bridgehead atoms. The average Bonchev–Trinajstić information content (AvgIpc) is 2.95. The Morgan fingerprint density at radius 1 is 0.514 bits per heavy atom. The van der Waals surface area contributed by atoms with Crippen molar-refractivity contribution >= 4 is 29.2 Å². The van der Waals surface area contributed by atoms with Crippen LogP contribution in [-0.4, -0.2) is 6.21 Å². The van der Waals surface area contributed by atoms with Crippen molar-refractivity contribution in [3.05, 3.63) is 167 Å². The number of hydrogen-bond donors (Lipinski definition) is 0. The number of hydrazone groups is 1. The zero-order chi connectivity index (χ0) is 25.5. The summed E-state index contributed by atoms with van der Waals surface area (Å²) in [4.78, 5) is 0. The Hall–Kier alpha value is -4.69. The van der Waals surface area contributed by atoms with Crippen LogP contribution in [-0.2, 0) is 0 Å². The summed E-state index contributed by atoms with van der Waals surface area (Å²) in [6, 6.07) is 46.4. The standard InChI is InChI=1S/C35H30N2/c1-27-13-21-31(22-14-27)35(32-23-15-28(2)16-24-32)25-29-17-19-30(20-18-29)26-36-37(33-9-5-3-6-10-33)34-11-7-4-8-12-34/h3-26H,1-2H3/b36-26+. The molecular weight excluding hydrogens is 448 g/mol. The van der Waals surface area contributed by atoms with Gasteiger partial charge in [-0.25, -0.2) is 5.01 Å². The highest BCUT2D eigenvalue weighted by molar-refractivity contribution is 5.92. The van der Waals surface area contributed by atoms with Gasteiger partial charge in [0.1, 0.15) is 0 Å². The lowest BCUT2D eigenvalue weighted by Crippen LogP contribution is -2.09. The van der Waals surface area contributed by atoms with Crippen molar-refractivity contribution in [1.82, 2.24) is 0 Å². The molecule has 0 atom stereocenters. The molecule has 0 unspecified atom stereocenters. The van der Waals surface area contributed by atoms with E-state index < -0.39 is 0 Å². The maximum atomic E-state index is 4.83. The fraction of sp³-hybridized carbons (Fsp3) is 0.0571. The summed E-state index contributed by atoms with van der Waals surface area (Å²) in [5, 5.41) is 6.79. The molecule has 0 aliphatic rings. The van der Waals surface area contributed by atoms with Crippen LogP contribution in [0.2, 0.25) is 0 Å². The molecule has 0 saturated carbocycles. The molecule has 0 N–H and O–H groups in total. The summed E-state index contributed by atoms with van der Waals surface area (Å²) in [6.45, 7) is 4.24. The number of nitrogens with zero attached hydrogens (tertiary/aromatic N) is 2. The van der Waals surface area contributed by atoms with Crippen LogP contribution in [0.25, 0.3) is 11.6 Å². The van der Waals surface area contributed by atoms with Gasteiger partial charge in [-0.1, -0.05) is 120 Å². The first kappa shape index (κ1) is 24.0. The minimum Gasteiger partial charge on any atom is -0.234 e. The van der Waals surface area contributed by atoms with Gasteiger partial charge in [0, 0.05) is 0 Å². The lowest BCUT2D eigenvalue weighted by molar-refractivity contribution is 1.09. The Kier molecular flexibility index (Phi) is 7.38. The van der Waals surface area contributed by atoms with Gasteiger partial charge in [0.2, 0.25) is 0 Å². The lowest BCUT2D eigenvalue weighted by Gasteiger charge is -2.19. The zero-order valence-corrected chi connectivity index (χ0v) is 21.3. The number of rotatable bonds is 7. The molecule has 180 valence electrons. The van der Waals surface area contributed by atoms with Crippen molar-refractivity contribution in [3.63, 3.8) is 0 Å². The minimum atomic E-state index is 1.02. The molecule has 0 spiro atoms. The van der Waals surface area contributed by atoms with Gasteiger partial charge >= 0.3 is 0 Å². The van der Waals surface area contributed by atoms with E-state index in [-0.39, 0.29) is 0 Å². The van der Waals surface area contributed by atoms with Crippen LogP contribution in [0.1, 0.15) is 33.4 Å². The summed E-state index contributed by atoms with van der Waals surface area (Å²) >= 11 is 0. The van der Waals surface area contributed by atoms with E-state index in [0.29, 0.717) is 0 Å². The molecule has 0 radical (unpaired) electrons. The van der Waals surface area contributed by atoms with E-state index in [9.17, 15) is 0 Å². The van der Waals surface area contributed by atoms with Crippen molar-refractivity contribution in [3.8, 4) is 0 Å². The quantitative estimate of drug-likeness (QED) is 0.129. The molecule has 0 amide bonds. The maximum absolute atomic E-state index is 4.83. The van der Waals surface area contributed by atoms with Gasteiger partial charge in [-0.05, 0) is 72.0 Å². The molecule has 0 fully saturated rings. The van der Waals surface area contributed by atoms with Gasteiger partial charge in [-0.2, -0.15) is 5.10 Å². The number of aryl methyl sites for hydroxylation is 2. The Morgan fingerprint density at radius 2 is 0.946 bits per heavy atom. The minimum absolute atomic E-state index is 1.02. The molecule has 5 rings (SSSR count). The van der Waals surface area contributed by atoms with Crippen LogP contribution in [0.4, 0.5) is 11.4 Å². The van der Waals surface area contributed by atoms with E-state index in [4.69, 9.17) is 5.10 Å². The highest BCUT2D eigenvalue weighted by Crippen LogP contribution is 2.28. The third-order valence-electron chi connectivity index (χ3n) is 6.30. The molecule has 0 heterocycles. The second-order valence-electron chi connectivity index (χ2n) is 9.18. The van der Waals surface area contributed by atoms with E-state index in [0.717, 1.165) is 22.5 Å². The van der Waals surface area contributed by atoms with Crippen LogP contribution in [0.5, 0.6) is 0 Å². The number of anilines is 2. The van der Waals surface area contributed by atoms with Crippen molar-refractivity contribution in [2.45, 2.75) is 13.8 Å². The normalized spacial score (nSPS) is 10.9. The predicted molar refractivity (Wildman–Crippen MR) is 158 cm³/mol. The molecule has 2 nitrogen and oxygen atoms in total. The maximum Gasteiger partial charge on any atom is 0.0652 e. The second-order valence-corrected chi connectivity index (χ2v) is 9.18. The molecule has 5 aromatic rings. The van der Waals surface area contributed by atoms with Gasteiger partial charge in [0.25, 0.3) is 0 Å². The van der Waals surface area contributed by atoms with Crippen molar-refractivity contribution in [1.29, 1.82) is 0 Å². The smallest absolute Gasteiger partial charge is 0.0652 e. The topological polar surface area (TPSA) is 15.6 Å². The average molecular weight is 479 g/mol. The zero-order valence-electron chi connectivity index (χ0n) is 21.3. The summed E-state index contributed by atoms with van der Waals surface area (Å²) in [5.41, 5.74) is 10.4. The molecule has 37 heavy (non-hydrogen) atoms. The van der Waals surface area contributed by atoms with Crippen LogP contribution in [0.15, 0.2) is 139 Å². The second kappa shape index (κ2) is 11.4. The summed E-state index contributed by atoms with van der Waals surface area (Å²) < 4.78 is 0. The molecule has 0 aliphatic heterocycles. The molecular formula is C35H30N2. The summed E-state index contributed by atoms with van der Waals surface area (Å²) in [5.74, 6) is 0. The molecule has 0 saturated heterocycles. The van der Waals surface area contributed by atoms with Gasteiger partial charge in [-0.3, -0.25) is 0 Å².